The summed E-state index contributed by atoms with van der Waals surface area (Å²) in [5.74, 6) is 0.740. The molecule has 2 aliphatic carbocycles. The van der Waals surface area contributed by atoms with Gasteiger partial charge in [0.05, 0.1) is 51.8 Å². The van der Waals surface area contributed by atoms with Gasteiger partial charge in [-0.1, -0.05) is 0 Å². The first-order chi connectivity index (χ1) is 14.1. The lowest BCUT2D eigenvalue weighted by Gasteiger charge is -2.34. The van der Waals surface area contributed by atoms with E-state index in [-0.39, 0.29) is 0 Å². The van der Waals surface area contributed by atoms with Crippen molar-refractivity contribution >= 4 is 0 Å². The van der Waals surface area contributed by atoms with Crippen molar-refractivity contribution in [1.29, 1.82) is 0 Å². The van der Waals surface area contributed by atoms with E-state index in [1.165, 1.54) is 25.7 Å². The molecule has 2 saturated heterocycles. The third kappa shape index (κ3) is 8.08. The second-order valence-electron chi connectivity index (χ2n) is 9.88. The van der Waals surface area contributed by atoms with Crippen LogP contribution in [-0.2, 0) is 28.4 Å². The Labute approximate surface area is 175 Å². The van der Waals surface area contributed by atoms with Gasteiger partial charge in [0, 0.05) is 0 Å². The van der Waals surface area contributed by atoms with Gasteiger partial charge in [0.25, 0.3) is 0 Å². The van der Waals surface area contributed by atoms with Gasteiger partial charge < -0.3 is 28.4 Å². The molecule has 0 N–H and O–H groups in total. The molecule has 4 aliphatic rings. The maximum Gasteiger partial charge on any atom is 0.162 e. The molecule has 168 valence electrons. The third-order valence-corrected chi connectivity index (χ3v) is 6.76. The van der Waals surface area contributed by atoms with E-state index >= 15 is 0 Å². The number of epoxide rings is 2. The lowest BCUT2D eigenvalue weighted by atomic mass is 9.88. The predicted molar refractivity (Wildman–Crippen MR) is 109 cm³/mol. The lowest BCUT2D eigenvalue weighted by Crippen LogP contribution is -2.35. The standard InChI is InChI=1S/C23H40O6/c1-23(2,28-11-17-3-7-19(8-4-17)24-13-21-15-26-21)29-12-18-5-9-20(10-6-18)25-14-22-16-27-22/h17-22H,3-16H2,1-2H3. The van der Waals surface area contributed by atoms with E-state index in [4.69, 9.17) is 28.4 Å². The molecule has 0 aromatic heterocycles. The highest BCUT2D eigenvalue weighted by Gasteiger charge is 2.30. The second kappa shape index (κ2) is 10.4. The average molecular weight is 413 g/mol. The summed E-state index contributed by atoms with van der Waals surface area (Å²) in [4.78, 5) is 0. The molecule has 2 heterocycles. The maximum absolute atomic E-state index is 6.17. The number of hydrogen-bond donors (Lipinski definition) is 0. The van der Waals surface area contributed by atoms with Gasteiger partial charge in [0.15, 0.2) is 5.79 Å². The quantitative estimate of drug-likeness (QED) is 0.360. The van der Waals surface area contributed by atoms with Crippen LogP contribution in [0.4, 0.5) is 0 Å². The summed E-state index contributed by atoms with van der Waals surface area (Å²) in [5, 5.41) is 0. The number of rotatable bonds is 12. The summed E-state index contributed by atoms with van der Waals surface area (Å²) < 4.78 is 34.7. The molecular formula is C23H40O6. The van der Waals surface area contributed by atoms with Crippen LogP contribution in [-0.4, -0.2) is 69.8 Å². The summed E-state index contributed by atoms with van der Waals surface area (Å²) >= 11 is 0. The van der Waals surface area contributed by atoms with Crippen molar-refractivity contribution in [3.05, 3.63) is 0 Å². The SMILES string of the molecule is CC(C)(OCC1CCC(OCC2CO2)CC1)OCC1CCC(OCC2CO2)CC1. The normalized spacial score (nSPS) is 37.4. The van der Waals surface area contributed by atoms with Crippen LogP contribution in [0.25, 0.3) is 0 Å². The highest BCUT2D eigenvalue weighted by molar-refractivity contribution is 4.77. The molecule has 0 aromatic carbocycles. The molecule has 2 saturated carbocycles. The van der Waals surface area contributed by atoms with E-state index in [2.05, 4.69) is 13.8 Å². The Bertz CT molecular complexity index is 432. The Morgan fingerprint density at radius 2 is 1.00 bits per heavy atom. The van der Waals surface area contributed by atoms with Crippen LogP contribution in [0.2, 0.25) is 0 Å². The molecule has 29 heavy (non-hydrogen) atoms. The Kier molecular flexibility index (Phi) is 7.87. The van der Waals surface area contributed by atoms with Crippen LogP contribution in [0.15, 0.2) is 0 Å². The Hall–Kier alpha value is -0.240. The topological polar surface area (TPSA) is 62.0 Å². The van der Waals surface area contributed by atoms with Crippen molar-refractivity contribution < 1.29 is 28.4 Å². The van der Waals surface area contributed by atoms with Crippen molar-refractivity contribution in [3.8, 4) is 0 Å². The Morgan fingerprint density at radius 1 is 0.621 bits per heavy atom. The van der Waals surface area contributed by atoms with E-state index in [0.29, 0.717) is 36.3 Å². The maximum atomic E-state index is 6.17. The van der Waals surface area contributed by atoms with Crippen molar-refractivity contribution in [3.63, 3.8) is 0 Å². The molecule has 0 aromatic rings. The zero-order valence-corrected chi connectivity index (χ0v) is 18.3. The largest absolute Gasteiger partial charge is 0.375 e. The summed E-state index contributed by atoms with van der Waals surface area (Å²) in [6.07, 6.45) is 10.9. The van der Waals surface area contributed by atoms with Gasteiger partial charge in [-0.05, 0) is 77.0 Å². The van der Waals surface area contributed by atoms with Crippen molar-refractivity contribution in [1.82, 2.24) is 0 Å². The van der Waals surface area contributed by atoms with Gasteiger partial charge in [-0.25, -0.2) is 0 Å². The molecular weight excluding hydrogens is 372 g/mol. The lowest BCUT2D eigenvalue weighted by molar-refractivity contribution is -0.228. The molecule has 0 spiro atoms. The van der Waals surface area contributed by atoms with Gasteiger partial charge in [0.2, 0.25) is 0 Å². The van der Waals surface area contributed by atoms with Gasteiger partial charge in [-0.15, -0.1) is 0 Å². The van der Waals surface area contributed by atoms with E-state index in [1.807, 2.05) is 0 Å². The Balaban J connectivity index is 1.04. The molecule has 4 rings (SSSR count). The number of hydrogen-bond acceptors (Lipinski definition) is 6. The van der Waals surface area contributed by atoms with Crippen LogP contribution < -0.4 is 0 Å². The van der Waals surface area contributed by atoms with E-state index in [0.717, 1.165) is 65.3 Å². The average Bonchev–Trinajstić information content (AvgIpc) is 3.64. The third-order valence-electron chi connectivity index (χ3n) is 6.76. The summed E-state index contributed by atoms with van der Waals surface area (Å²) in [5.41, 5.74) is 0. The zero-order chi connectivity index (χ0) is 20.1. The van der Waals surface area contributed by atoms with Gasteiger partial charge in [-0.2, -0.15) is 0 Å². The molecule has 2 unspecified atom stereocenters. The fourth-order valence-electron chi connectivity index (χ4n) is 4.42. The monoisotopic (exact) mass is 412 g/mol. The molecule has 0 radical (unpaired) electrons. The minimum atomic E-state index is -0.507. The molecule has 2 atom stereocenters. The first-order valence-electron chi connectivity index (χ1n) is 11.8. The van der Waals surface area contributed by atoms with Crippen LogP contribution in [0, 0.1) is 11.8 Å². The van der Waals surface area contributed by atoms with Crippen molar-refractivity contribution in [2.45, 2.75) is 95.4 Å². The second-order valence-corrected chi connectivity index (χ2v) is 9.88. The zero-order valence-electron chi connectivity index (χ0n) is 18.3. The highest BCUT2D eigenvalue weighted by atomic mass is 16.7. The molecule has 6 nitrogen and oxygen atoms in total. The van der Waals surface area contributed by atoms with Crippen LogP contribution >= 0.6 is 0 Å². The predicted octanol–water partition coefficient (Wildman–Crippen LogP) is 3.70. The molecule has 0 bridgehead atoms. The van der Waals surface area contributed by atoms with Gasteiger partial charge in [0.1, 0.15) is 12.2 Å². The Morgan fingerprint density at radius 3 is 1.34 bits per heavy atom. The van der Waals surface area contributed by atoms with Crippen LogP contribution in [0.3, 0.4) is 0 Å². The van der Waals surface area contributed by atoms with Gasteiger partial charge >= 0.3 is 0 Å². The fourth-order valence-corrected chi connectivity index (χ4v) is 4.42. The summed E-state index contributed by atoms with van der Waals surface area (Å²) in [7, 11) is 0. The van der Waals surface area contributed by atoms with Crippen LogP contribution in [0.1, 0.15) is 65.2 Å². The van der Waals surface area contributed by atoms with Crippen LogP contribution in [0.5, 0.6) is 0 Å². The van der Waals surface area contributed by atoms with E-state index in [1.54, 1.807) is 0 Å². The smallest absolute Gasteiger partial charge is 0.162 e. The van der Waals surface area contributed by atoms with E-state index < -0.39 is 5.79 Å². The summed E-state index contributed by atoms with van der Waals surface area (Å²) in [6.45, 7) is 8.99. The molecule has 4 fully saturated rings. The van der Waals surface area contributed by atoms with Crippen molar-refractivity contribution in [2.75, 3.05) is 39.6 Å². The minimum Gasteiger partial charge on any atom is -0.375 e. The van der Waals surface area contributed by atoms with Gasteiger partial charge in [-0.3, -0.25) is 0 Å². The number of ether oxygens (including phenoxy) is 6. The molecule has 6 heteroatoms. The van der Waals surface area contributed by atoms with Crippen molar-refractivity contribution in [2.24, 2.45) is 11.8 Å². The minimum absolute atomic E-state index is 0.369. The summed E-state index contributed by atoms with van der Waals surface area (Å²) in [6, 6.07) is 0. The first kappa shape index (κ1) is 22.0. The highest BCUT2D eigenvalue weighted by Crippen LogP contribution is 2.30. The fraction of sp³-hybridized carbons (Fsp3) is 1.00. The molecule has 0 amide bonds. The van der Waals surface area contributed by atoms with E-state index in [9.17, 15) is 0 Å². The first-order valence-corrected chi connectivity index (χ1v) is 11.8. The molecule has 2 aliphatic heterocycles.